The fraction of sp³-hybridized carbons (Fsp3) is 0.316. The molecule has 0 bridgehead atoms. The summed E-state index contributed by atoms with van der Waals surface area (Å²) in [5, 5.41) is 13.7. The molecule has 0 heterocycles. The van der Waals surface area contributed by atoms with Gasteiger partial charge in [0.1, 0.15) is 5.75 Å². The minimum Gasteiger partial charge on any atom is -0.493 e. The Bertz CT molecular complexity index is 742. The maximum absolute atomic E-state index is 12.0. The molecule has 0 aliphatic rings. The van der Waals surface area contributed by atoms with E-state index in [1.807, 2.05) is 31.2 Å². The van der Waals surface area contributed by atoms with Crippen LogP contribution in [0.25, 0.3) is 0 Å². The Balaban J connectivity index is 1.87. The molecule has 0 spiro atoms. The number of carbonyl (C=O) groups is 1. The SMILES string of the molecule is CCc1ccc(OCCC(=O)Nc2ccc(CC)c([N+](=O)[O-])c2)cc1. The van der Waals surface area contributed by atoms with Crippen molar-refractivity contribution in [1.82, 2.24) is 0 Å². The van der Waals surface area contributed by atoms with Crippen molar-refractivity contribution in [1.29, 1.82) is 0 Å². The Morgan fingerprint density at radius 3 is 2.44 bits per heavy atom. The van der Waals surface area contributed by atoms with Gasteiger partial charge in [0.25, 0.3) is 5.69 Å². The van der Waals surface area contributed by atoms with Crippen molar-refractivity contribution in [3.05, 3.63) is 63.7 Å². The van der Waals surface area contributed by atoms with Crippen LogP contribution >= 0.6 is 0 Å². The first-order valence-corrected chi connectivity index (χ1v) is 8.32. The summed E-state index contributed by atoms with van der Waals surface area (Å²) in [4.78, 5) is 22.6. The van der Waals surface area contributed by atoms with Gasteiger partial charge in [-0.2, -0.15) is 0 Å². The molecule has 2 aromatic rings. The number of anilines is 1. The smallest absolute Gasteiger partial charge is 0.274 e. The molecule has 0 aromatic heterocycles. The minimum absolute atomic E-state index is 0.0209. The lowest BCUT2D eigenvalue weighted by atomic mass is 10.1. The van der Waals surface area contributed by atoms with Crippen LogP contribution in [0.15, 0.2) is 42.5 Å². The van der Waals surface area contributed by atoms with Crippen LogP contribution in [0.5, 0.6) is 5.75 Å². The molecule has 0 saturated carbocycles. The molecule has 0 aliphatic heterocycles. The molecule has 6 heteroatoms. The van der Waals surface area contributed by atoms with Gasteiger partial charge in [-0.25, -0.2) is 0 Å². The van der Waals surface area contributed by atoms with Gasteiger partial charge >= 0.3 is 0 Å². The number of nitrogens with zero attached hydrogens (tertiary/aromatic N) is 1. The topological polar surface area (TPSA) is 81.5 Å². The molecule has 25 heavy (non-hydrogen) atoms. The van der Waals surface area contributed by atoms with E-state index < -0.39 is 4.92 Å². The molecule has 2 aromatic carbocycles. The summed E-state index contributed by atoms with van der Waals surface area (Å²) in [5.41, 5.74) is 2.30. The molecule has 2 rings (SSSR count). The monoisotopic (exact) mass is 342 g/mol. The van der Waals surface area contributed by atoms with Crippen LogP contribution in [0.1, 0.15) is 31.4 Å². The van der Waals surface area contributed by atoms with Crippen molar-refractivity contribution < 1.29 is 14.5 Å². The summed E-state index contributed by atoms with van der Waals surface area (Å²) in [6.07, 6.45) is 1.69. The Kier molecular flexibility index (Phi) is 6.51. The predicted molar refractivity (Wildman–Crippen MR) is 97.0 cm³/mol. The summed E-state index contributed by atoms with van der Waals surface area (Å²) in [7, 11) is 0. The second kappa shape index (κ2) is 8.82. The highest BCUT2D eigenvalue weighted by molar-refractivity contribution is 5.91. The van der Waals surface area contributed by atoms with Gasteiger partial charge in [0.05, 0.1) is 18.0 Å². The summed E-state index contributed by atoms with van der Waals surface area (Å²) in [6.45, 7) is 4.18. The number of aryl methyl sites for hydroxylation is 2. The average molecular weight is 342 g/mol. The zero-order valence-electron chi connectivity index (χ0n) is 14.5. The van der Waals surface area contributed by atoms with Gasteiger partial charge in [-0.1, -0.05) is 32.0 Å². The van der Waals surface area contributed by atoms with Gasteiger partial charge in [-0.3, -0.25) is 14.9 Å². The van der Waals surface area contributed by atoms with Crippen LogP contribution in [0.3, 0.4) is 0 Å². The van der Waals surface area contributed by atoms with Crippen molar-refractivity contribution in [2.24, 2.45) is 0 Å². The molecule has 0 unspecified atom stereocenters. The quantitative estimate of drug-likeness (QED) is 0.578. The fourth-order valence-electron chi connectivity index (χ4n) is 2.42. The Morgan fingerprint density at radius 1 is 1.12 bits per heavy atom. The van der Waals surface area contributed by atoms with E-state index in [1.165, 1.54) is 11.6 Å². The molecule has 1 N–H and O–H groups in total. The van der Waals surface area contributed by atoms with Crippen LogP contribution in [-0.4, -0.2) is 17.4 Å². The highest BCUT2D eigenvalue weighted by atomic mass is 16.6. The largest absolute Gasteiger partial charge is 0.493 e. The number of amides is 1. The molecule has 0 aliphatic carbocycles. The van der Waals surface area contributed by atoms with Crippen molar-refractivity contribution >= 4 is 17.3 Å². The van der Waals surface area contributed by atoms with Crippen molar-refractivity contribution in [2.45, 2.75) is 33.1 Å². The molecule has 0 atom stereocenters. The van der Waals surface area contributed by atoms with E-state index >= 15 is 0 Å². The van der Waals surface area contributed by atoms with E-state index in [4.69, 9.17) is 4.74 Å². The summed E-state index contributed by atoms with van der Waals surface area (Å²) in [6, 6.07) is 12.5. The number of benzene rings is 2. The lowest BCUT2D eigenvalue weighted by Gasteiger charge is -2.09. The van der Waals surface area contributed by atoms with Gasteiger partial charge in [-0.05, 0) is 36.6 Å². The van der Waals surface area contributed by atoms with Crippen LogP contribution in [-0.2, 0) is 17.6 Å². The molecule has 0 fully saturated rings. The van der Waals surface area contributed by atoms with Gasteiger partial charge in [0.2, 0.25) is 5.91 Å². The Morgan fingerprint density at radius 2 is 1.84 bits per heavy atom. The van der Waals surface area contributed by atoms with Crippen LogP contribution < -0.4 is 10.1 Å². The first-order valence-electron chi connectivity index (χ1n) is 8.32. The molecule has 132 valence electrons. The van der Waals surface area contributed by atoms with Gasteiger partial charge in [-0.15, -0.1) is 0 Å². The number of hydrogen-bond acceptors (Lipinski definition) is 4. The molecule has 0 saturated heterocycles. The number of carbonyl (C=O) groups excluding carboxylic acids is 1. The fourth-order valence-corrected chi connectivity index (χ4v) is 2.42. The number of hydrogen-bond donors (Lipinski definition) is 1. The standard InChI is InChI=1S/C19H22N2O4/c1-3-14-5-9-17(10-6-14)25-12-11-19(22)20-16-8-7-15(4-2)18(13-16)21(23)24/h5-10,13H,3-4,11-12H2,1-2H3,(H,20,22). The highest BCUT2D eigenvalue weighted by Gasteiger charge is 2.14. The molecule has 0 radical (unpaired) electrons. The van der Waals surface area contributed by atoms with Gasteiger partial charge in [0, 0.05) is 17.3 Å². The predicted octanol–water partition coefficient (Wildman–Crippen LogP) is 4.13. The summed E-state index contributed by atoms with van der Waals surface area (Å²) < 4.78 is 5.54. The maximum atomic E-state index is 12.0. The maximum Gasteiger partial charge on any atom is 0.274 e. The Hall–Kier alpha value is -2.89. The van der Waals surface area contributed by atoms with Gasteiger partial charge in [0.15, 0.2) is 0 Å². The molecular formula is C19H22N2O4. The third-order valence-electron chi connectivity index (χ3n) is 3.88. The third kappa shape index (κ3) is 5.31. The Labute approximate surface area is 147 Å². The second-order valence-corrected chi connectivity index (χ2v) is 5.60. The zero-order chi connectivity index (χ0) is 18.2. The van der Waals surface area contributed by atoms with E-state index in [-0.39, 0.29) is 24.6 Å². The summed E-state index contributed by atoms with van der Waals surface area (Å²) >= 11 is 0. The van der Waals surface area contributed by atoms with Crippen LogP contribution in [0.4, 0.5) is 11.4 Å². The van der Waals surface area contributed by atoms with Crippen molar-refractivity contribution in [2.75, 3.05) is 11.9 Å². The van der Waals surface area contributed by atoms with Crippen LogP contribution in [0.2, 0.25) is 0 Å². The highest BCUT2D eigenvalue weighted by Crippen LogP contribution is 2.23. The third-order valence-corrected chi connectivity index (χ3v) is 3.88. The number of nitro benzene ring substituents is 1. The number of ether oxygens (including phenoxy) is 1. The molecular weight excluding hydrogens is 320 g/mol. The van der Waals surface area contributed by atoms with E-state index in [0.717, 1.165) is 6.42 Å². The van der Waals surface area contributed by atoms with E-state index in [0.29, 0.717) is 23.4 Å². The lowest BCUT2D eigenvalue weighted by molar-refractivity contribution is -0.385. The van der Waals surface area contributed by atoms with Crippen LogP contribution in [0, 0.1) is 10.1 Å². The number of rotatable bonds is 8. The van der Waals surface area contributed by atoms with E-state index in [2.05, 4.69) is 12.2 Å². The normalized spacial score (nSPS) is 10.3. The van der Waals surface area contributed by atoms with Crippen molar-refractivity contribution in [3.63, 3.8) is 0 Å². The van der Waals surface area contributed by atoms with Gasteiger partial charge < -0.3 is 10.1 Å². The molecule has 1 amide bonds. The molecule has 6 nitrogen and oxygen atoms in total. The van der Waals surface area contributed by atoms with E-state index in [1.54, 1.807) is 12.1 Å². The minimum atomic E-state index is -0.433. The average Bonchev–Trinajstić information content (AvgIpc) is 2.62. The van der Waals surface area contributed by atoms with E-state index in [9.17, 15) is 14.9 Å². The van der Waals surface area contributed by atoms with Crippen molar-refractivity contribution in [3.8, 4) is 5.75 Å². The zero-order valence-corrected chi connectivity index (χ0v) is 14.5. The second-order valence-electron chi connectivity index (χ2n) is 5.60. The number of nitrogens with one attached hydrogen (secondary N) is 1. The first-order chi connectivity index (χ1) is 12.0. The first kappa shape index (κ1) is 18.4. The lowest BCUT2D eigenvalue weighted by Crippen LogP contribution is -2.15. The number of nitro groups is 1. The summed E-state index contributed by atoms with van der Waals surface area (Å²) in [5.74, 6) is 0.469.